The fourth-order valence-electron chi connectivity index (χ4n) is 3.61. The zero-order valence-electron chi connectivity index (χ0n) is 16.8. The number of anilines is 1. The summed E-state index contributed by atoms with van der Waals surface area (Å²) in [7, 11) is 0. The van der Waals surface area contributed by atoms with E-state index in [4.69, 9.17) is 5.73 Å². The van der Waals surface area contributed by atoms with Crippen molar-refractivity contribution in [1.82, 2.24) is 9.88 Å². The SMILES string of the molecule is Cc1nc2ccc(NC(=O)C3=C(N)CCN(Cc4cccc(C(F)(F)F)c4)C3)cc2s1. The Morgan fingerprint density at radius 3 is 2.84 bits per heavy atom. The van der Waals surface area contributed by atoms with E-state index >= 15 is 0 Å². The number of thiazole rings is 1. The normalized spacial score (nSPS) is 15.5. The smallest absolute Gasteiger partial charge is 0.402 e. The van der Waals surface area contributed by atoms with Crippen LogP contribution in [0.4, 0.5) is 18.9 Å². The molecule has 2 aromatic carbocycles. The van der Waals surface area contributed by atoms with Gasteiger partial charge in [0.15, 0.2) is 0 Å². The van der Waals surface area contributed by atoms with E-state index in [2.05, 4.69) is 10.3 Å². The number of nitrogens with one attached hydrogen (secondary N) is 1. The number of hydrogen-bond donors (Lipinski definition) is 2. The van der Waals surface area contributed by atoms with E-state index in [9.17, 15) is 18.0 Å². The summed E-state index contributed by atoms with van der Waals surface area (Å²) in [5.41, 5.74) is 8.44. The molecule has 0 fully saturated rings. The van der Waals surface area contributed by atoms with Crippen molar-refractivity contribution in [2.75, 3.05) is 18.4 Å². The molecule has 1 aromatic heterocycles. The van der Waals surface area contributed by atoms with Gasteiger partial charge in [-0.2, -0.15) is 13.2 Å². The van der Waals surface area contributed by atoms with Gasteiger partial charge in [-0.3, -0.25) is 9.69 Å². The Balaban J connectivity index is 1.46. The largest absolute Gasteiger partial charge is 0.416 e. The van der Waals surface area contributed by atoms with Crippen LogP contribution in [0.15, 0.2) is 53.7 Å². The van der Waals surface area contributed by atoms with Crippen molar-refractivity contribution >= 4 is 33.1 Å². The van der Waals surface area contributed by atoms with Gasteiger partial charge in [0.2, 0.25) is 0 Å². The van der Waals surface area contributed by atoms with Gasteiger partial charge >= 0.3 is 6.18 Å². The van der Waals surface area contributed by atoms with Crippen LogP contribution < -0.4 is 11.1 Å². The number of hydrogen-bond acceptors (Lipinski definition) is 5. The van der Waals surface area contributed by atoms with Crippen molar-refractivity contribution in [2.45, 2.75) is 26.1 Å². The van der Waals surface area contributed by atoms with Crippen molar-refractivity contribution in [3.8, 4) is 0 Å². The number of rotatable bonds is 4. The van der Waals surface area contributed by atoms with Crippen LogP contribution in [0.1, 0.15) is 22.6 Å². The number of nitrogens with zero attached hydrogens (tertiary/aromatic N) is 2. The molecule has 0 spiro atoms. The number of benzene rings is 2. The van der Waals surface area contributed by atoms with E-state index in [0.29, 0.717) is 42.0 Å². The molecule has 9 heteroatoms. The number of carbonyl (C=O) groups is 1. The number of amides is 1. The molecular formula is C22H21F3N4OS. The summed E-state index contributed by atoms with van der Waals surface area (Å²) < 4.78 is 39.9. The Kier molecular flexibility index (Phi) is 5.72. The summed E-state index contributed by atoms with van der Waals surface area (Å²) in [5.74, 6) is -0.299. The van der Waals surface area contributed by atoms with Crippen LogP contribution in [0, 0.1) is 6.92 Å². The Hall–Kier alpha value is -2.91. The molecule has 3 N–H and O–H groups in total. The lowest BCUT2D eigenvalue weighted by molar-refractivity contribution is -0.137. The number of halogens is 3. The maximum absolute atomic E-state index is 13.0. The molecule has 0 radical (unpaired) electrons. The topological polar surface area (TPSA) is 71.2 Å². The van der Waals surface area contributed by atoms with Crippen LogP contribution >= 0.6 is 11.3 Å². The number of alkyl halides is 3. The minimum absolute atomic E-state index is 0.274. The first kappa shape index (κ1) is 21.3. The average Bonchev–Trinajstić information content (AvgIpc) is 3.08. The highest BCUT2D eigenvalue weighted by Crippen LogP contribution is 2.30. The highest BCUT2D eigenvalue weighted by molar-refractivity contribution is 7.18. The van der Waals surface area contributed by atoms with Gasteiger partial charge in [0.1, 0.15) is 0 Å². The molecule has 1 aliphatic rings. The molecule has 0 saturated carbocycles. The van der Waals surface area contributed by atoms with Gasteiger partial charge in [-0.05, 0) is 36.8 Å². The second kappa shape index (κ2) is 8.32. The van der Waals surface area contributed by atoms with Crippen LogP contribution in [-0.4, -0.2) is 28.9 Å². The Morgan fingerprint density at radius 1 is 1.26 bits per heavy atom. The summed E-state index contributed by atoms with van der Waals surface area (Å²) in [6.07, 6.45) is -3.90. The molecule has 162 valence electrons. The lowest BCUT2D eigenvalue weighted by atomic mass is 10.0. The number of fused-ring (bicyclic) bond motifs is 1. The maximum Gasteiger partial charge on any atom is 0.416 e. The minimum Gasteiger partial charge on any atom is -0.402 e. The predicted octanol–water partition coefficient (Wildman–Crippen LogP) is 4.68. The summed E-state index contributed by atoms with van der Waals surface area (Å²) in [5, 5.41) is 3.83. The second-order valence-corrected chi connectivity index (χ2v) is 8.77. The molecule has 31 heavy (non-hydrogen) atoms. The third-order valence-corrected chi connectivity index (χ3v) is 6.09. The van der Waals surface area contributed by atoms with Crippen LogP contribution in [0.2, 0.25) is 0 Å². The number of aromatic nitrogens is 1. The Labute approximate surface area is 181 Å². The van der Waals surface area contributed by atoms with Crippen molar-refractivity contribution in [1.29, 1.82) is 0 Å². The van der Waals surface area contributed by atoms with Gasteiger partial charge < -0.3 is 11.1 Å². The van der Waals surface area contributed by atoms with Crippen LogP contribution in [-0.2, 0) is 17.5 Å². The number of carbonyl (C=O) groups excluding carboxylic acids is 1. The Morgan fingerprint density at radius 2 is 2.06 bits per heavy atom. The van der Waals surface area contributed by atoms with Crippen LogP contribution in [0.3, 0.4) is 0 Å². The van der Waals surface area contributed by atoms with Crippen molar-refractivity contribution in [3.05, 3.63) is 69.9 Å². The van der Waals surface area contributed by atoms with Crippen molar-refractivity contribution < 1.29 is 18.0 Å². The Bertz CT molecular complexity index is 1170. The molecule has 1 amide bonds. The highest BCUT2D eigenvalue weighted by Gasteiger charge is 2.30. The van der Waals surface area contributed by atoms with E-state index < -0.39 is 11.7 Å². The average molecular weight is 446 g/mol. The molecular weight excluding hydrogens is 425 g/mol. The quantitative estimate of drug-likeness (QED) is 0.611. The molecule has 2 heterocycles. The van der Waals surface area contributed by atoms with E-state index in [1.54, 1.807) is 23.5 Å². The molecule has 3 aromatic rings. The third-order valence-electron chi connectivity index (χ3n) is 5.15. The number of nitrogens with two attached hydrogens (primary N) is 1. The second-order valence-electron chi connectivity index (χ2n) is 7.53. The van der Waals surface area contributed by atoms with Crippen molar-refractivity contribution in [2.24, 2.45) is 5.73 Å². The van der Waals surface area contributed by atoms with E-state index in [1.807, 2.05) is 24.0 Å². The monoisotopic (exact) mass is 446 g/mol. The molecule has 1 aliphatic heterocycles. The first-order valence-electron chi connectivity index (χ1n) is 9.73. The first-order valence-corrected chi connectivity index (χ1v) is 10.6. The molecule has 0 aliphatic carbocycles. The predicted molar refractivity (Wildman–Crippen MR) is 116 cm³/mol. The zero-order chi connectivity index (χ0) is 22.2. The lowest BCUT2D eigenvalue weighted by Crippen LogP contribution is -2.37. The zero-order valence-corrected chi connectivity index (χ0v) is 17.6. The van der Waals surface area contributed by atoms with Crippen molar-refractivity contribution in [3.63, 3.8) is 0 Å². The highest BCUT2D eigenvalue weighted by atomic mass is 32.1. The molecule has 0 saturated heterocycles. The van der Waals surface area contributed by atoms with Crippen LogP contribution in [0.5, 0.6) is 0 Å². The molecule has 0 atom stereocenters. The molecule has 5 nitrogen and oxygen atoms in total. The van der Waals surface area contributed by atoms with E-state index in [-0.39, 0.29) is 12.5 Å². The number of aryl methyl sites for hydroxylation is 1. The summed E-state index contributed by atoms with van der Waals surface area (Å²) in [6.45, 7) is 3.08. The van der Waals surface area contributed by atoms with Crippen LogP contribution in [0.25, 0.3) is 10.2 Å². The lowest BCUT2D eigenvalue weighted by Gasteiger charge is -2.29. The van der Waals surface area contributed by atoms with Gasteiger partial charge in [0.05, 0.1) is 26.4 Å². The fraction of sp³-hybridized carbons (Fsp3) is 0.273. The van der Waals surface area contributed by atoms with Gasteiger partial charge in [-0.15, -0.1) is 11.3 Å². The maximum atomic E-state index is 13.0. The summed E-state index contributed by atoms with van der Waals surface area (Å²) in [4.78, 5) is 19.2. The van der Waals surface area contributed by atoms with Gasteiger partial charge in [-0.25, -0.2) is 4.98 Å². The van der Waals surface area contributed by atoms with E-state index in [1.165, 1.54) is 6.07 Å². The molecule has 0 unspecified atom stereocenters. The third kappa shape index (κ3) is 4.88. The standard InChI is InChI=1S/C22H21F3N4OS/c1-13-27-19-6-5-16(10-20(19)31-13)28-21(30)17-12-29(8-7-18(17)26)11-14-3-2-4-15(9-14)22(23,24)25/h2-6,9-10H,7-8,11-12,26H2,1H3,(H,28,30). The fourth-order valence-corrected chi connectivity index (χ4v) is 4.48. The van der Waals surface area contributed by atoms with Gasteiger partial charge in [0.25, 0.3) is 5.91 Å². The summed E-state index contributed by atoms with van der Waals surface area (Å²) >= 11 is 1.55. The van der Waals surface area contributed by atoms with Gasteiger partial charge in [0, 0.05) is 37.4 Å². The minimum atomic E-state index is -4.38. The summed E-state index contributed by atoms with van der Waals surface area (Å²) in [6, 6.07) is 10.8. The first-order chi connectivity index (χ1) is 14.7. The van der Waals surface area contributed by atoms with E-state index in [0.717, 1.165) is 27.4 Å². The molecule has 4 rings (SSSR count). The van der Waals surface area contributed by atoms with Gasteiger partial charge in [-0.1, -0.05) is 18.2 Å². The molecule has 0 bridgehead atoms.